The zero-order valence-corrected chi connectivity index (χ0v) is 14.8. The molecular weight excluding hydrogens is 312 g/mol. The smallest absolute Gasteiger partial charge is 0.313 e. The number of benzene rings is 2. The predicted octanol–water partition coefficient (Wildman–Crippen LogP) is 3.33. The minimum Gasteiger partial charge on any atom is -0.330 e. The highest BCUT2D eigenvalue weighted by Crippen LogP contribution is 2.23. The van der Waals surface area contributed by atoms with Crippen molar-refractivity contribution in [2.24, 2.45) is 0 Å². The summed E-state index contributed by atoms with van der Waals surface area (Å²) < 4.78 is 0. The second-order valence-corrected chi connectivity index (χ2v) is 6.36. The lowest BCUT2D eigenvalue weighted by Crippen LogP contribution is -2.42. The average molecular weight is 336 g/mol. The van der Waals surface area contributed by atoms with Crippen LogP contribution in [0, 0.1) is 0 Å². The third-order valence-corrected chi connectivity index (χ3v) is 4.85. The molecule has 1 aliphatic rings. The van der Waals surface area contributed by atoms with E-state index in [1.54, 1.807) is 4.90 Å². The maximum Gasteiger partial charge on any atom is 0.313 e. The summed E-state index contributed by atoms with van der Waals surface area (Å²) in [5.41, 5.74) is 5.30. The molecule has 0 saturated heterocycles. The number of carbonyl (C=O) groups is 2. The quantitative estimate of drug-likeness (QED) is 0.874. The lowest BCUT2D eigenvalue weighted by atomic mass is 10.00. The van der Waals surface area contributed by atoms with Gasteiger partial charge in [0.05, 0.1) is 0 Å². The summed E-state index contributed by atoms with van der Waals surface area (Å²) in [7, 11) is 0. The summed E-state index contributed by atoms with van der Waals surface area (Å²) in [5.74, 6) is -1.00. The predicted molar refractivity (Wildman–Crippen MR) is 99.4 cm³/mol. The molecule has 4 heteroatoms. The van der Waals surface area contributed by atoms with Crippen molar-refractivity contribution in [1.29, 1.82) is 0 Å². The number of nitrogens with zero attached hydrogens (tertiary/aromatic N) is 1. The van der Waals surface area contributed by atoms with Crippen molar-refractivity contribution in [3.63, 3.8) is 0 Å². The highest BCUT2D eigenvalue weighted by atomic mass is 16.2. The summed E-state index contributed by atoms with van der Waals surface area (Å²) in [6.45, 7) is 5.18. The fourth-order valence-electron chi connectivity index (χ4n) is 3.38. The minimum absolute atomic E-state index is 0.456. The Labute approximate surface area is 148 Å². The normalized spacial score (nSPS) is 13.3. The van der Waals surface area contributed by atoms with Crippen LogP contribution >= 0.6 is 0 Å². The van der Waals surface area contributed by atoms with Gasteiger partial charge in [0.2, 0.25) is 0 Å². The average Bonchev–Trinajstić information content (AvgIpc) is 2.67. The minimum atomic E-state index is -0.546. The van der Waals surface area contributed by atoms with E-state index in [0.717, 1.165) is 41.6 Å². The first-order valence-electron chi connectivity index (χ1n) is 8.91. The van der Waals surface area contributed by atoms with E-state index < -0.39 is 11.8 Å². The molecule has 0 bridgehead atoms. The molecule has 1 N–H and O–H groups in total. The second kappa shape index (κ2) is 7.51. The molecule has 0 atom stereocenters. The number of nitrogens with one attached hydrogen (secondary N) is 1. The summed E-state index contributed by atoms with van der Waals surface area (Å²) in [6.07, 6.45) is 2.42. The lowest BCUT2D eigenvalue weighted by Gasteiger charge is -2.28. The molecule has 1 heterocycles. The Kier molecular flexibility index (Phi) is 5.17. The summed E-state index contributed by atoms with van der Waals surface area (Å²) in [5, 5.41) is 2.87. The highest BCUT2D eigenvalue weighted by molar-refractivity contribution is 6.39. The molecule has 1 aliphatic heterocycles. The third-order valence-electron chi connectivity index (χ3n) is 4.85. The molecule has 130 valence electrons. The number of para-hydroxylation sites is 1. The van der Waals surface area contributed by atoms with Crippen molar-refractivity contribution in [2.45, 2.75) is 39.7 Å². The van der Waals surface area contributed by atoms with Gasteiger partial charge in [-0.15, -0.1) is 0 Å². The van der Waals surface area contributed by atoms with Gasteiger partial charge in [-0.1, -0.05) is 56.3 Å². The molecule has 0 aromatic heterocycles. The highest BCUT2D eigenvalue weighted by Gasteiger charge is 2.26. The van der Waals surface area contributed by atoms with Crippen LogP contribution in [0.2, 0.25) is 0 Å². The van der Waals surface area contributed by atoms with Crippen LogP contribution in [0.4, 0.5) is 5.69 Å². The van der Waals surface area contributed by atoms with Crippen molar-refractivity contribution >= 4 is 17.5 Å². The molecule has 0 aliphatic carbocycles. The van der Waals surface area contributed by atoms with Crippen LogP contribution in [0.3, 0.4) is 0 Å². The first kappa shape index (κ1) is 17.2. The van der Waals surface area contributed by atoms with Gasteiger partial charge in [0.15, 0.2) is 0 Å². The summed E-state index contributed by atoms with van der Waals surface area (Å²) >= 11 is 0. The maximum atomic E-state index is 12.6. The van der Waals surface area contributed by atoms with E-state index in [9.17, 15) is 9.59 Å². The van der Waals surface area contributed by atoms with Crippen LogP contribution in [0.15, 0.2) is 42.5 Å². The Morgan fingerprint density at radius 3 is 2.24 bits per heavy atom. The van der Waals surface area contributed by atoms with Gasteiger partial charge in [-0.05, 0) is 41.5 Å². The van der Waals surface area contributed by atoms with Gasteiger partial charge in [0.25, 0.3) is 0 Å². The van der Waals surface area contributed by atoms with Gasteiger partial charge in [-0.2, -0.15) is 0 Å². The zero-order chi connectivity index (χ0) is 17.8. The second-order valence-electron chi connectivity index (χ2n) is 6.36. The molecule has 0 spiro atoms. The van der Waals surface area contributed by atoms with E-state index in [1.807, 2.05) is 50.2 Å². The van der Waals surface area contributed by atoms with E-state index in [2.05, 4.69) is 11.4 Å². The molecule has 2 aromatic carbocycles. The van der Waals surface area contributed by atoms with Gasteiger partial charge in [0, 0.05) is 18.8 Å². The monoisotopic (exact) mass is 336 g/mol. The van der Waals surface area contributed by atoms with Crippen molar-refractivity contribution in [3.8, 4) is 0 Å². The number of hydrogen-bond acceptors (Lipinski definition) is 2. The standard InChI is InChI=1S/C21H24N2O2/c1-3-15-10-7-11-16(4-2)19(15)22-20(24)21(25)23-13-12-17-8-5-6-9-18(17)14-23/h5-11H,3-4,12-14H2,1-2H3,(H,22,24). The van der Waals surface area contributed by atoms with Crippen LogP contribution in [-0.4, -0.2) is 23.3 Å². The van der Waals surface area contributed by atoms with Crippen LogP contribution in [-0.2, 0) is 35.4 Å². The molecular formula is C21H24N2O2. The number of rotatable bonds is 3. The van der Waals surface area contributed by atoms with Crippen LogP contribution in [0.1, 0.15) is 36.1 Å². The fraction of sp³-hybridized carbons (Fsp3) is 0.333. The van der Waals surface area contributed by atoms with Crippen molar-refractivity contribution in [3.05, 3.63) is 64.7 Å². The van der Waals surface area contributed by atoms with E-state index >= 15 is 0 Å². The topological polar surface area (TPSA) is 49.4 Å². The molecule has 0 radical (unpaired) electrons. The van der Waals surface area contributed by atoms with E-state index in [0.29, 0.717) is 13.1 Å². The Bertz CT molecular complexity index is 776. The first-order chi connectivity index (χ1) is 12.1. The van der Waals surface area contributed by atoms with E-state index in [1.165, 1.54) is 5.56 Å². The molecule has 0 saturated carbocycles. The Hall–Kier alpha value is -2.62. The Morgan fingerprint density at radius 2 is 1.60 bits per heavy atom. The Balaban J connectivity index is 1.75. The van der Waals surface area contributed by atoms with Crippen LogP contribution in [0.5, 0.6) is 0 Å². The molecule has 0 fully saturated rings. The van der Waals surface area contributed by atoms with Crippen molar-refractivity contribution in [1.82, 2.24) is 4.90 Å². The van der Waals surface area contributed by atoms with Gasteiger partial charge < -0.3 is 10.2 Å². The first-order valence-corrected chi connectivity index (χ1v) is 8.91. The number of anilines is 1. The molecule has 2 aromatic rings. The van der Waals surface area contributed by atoms with Crippen LogP contribution in [0.25, 0.3) is 0 Å². The maximum absolute atomic E-state index is 12.6. The number of carbonyl (C=O) groups excluding carboxylic acids is 2. The van der Waals surface area contributed by atoms with Gasteiger partial charge >= 0.3 is 11.8 Å². The summed E-state index contributed by atoms with van der Waals surface area (Å²) in [4.78, 5) is 26.8. The molecule has 3 rings (SSSR count). The van der Waals surface area contributed by atoms with E-state index in [-0.39, 0.29) is 0 Å². The fourth-order valence-corrected chi connectivity index (χ4v) is 3.38. The number of amides is 2. The number of aryl methyl sites for hydroxylation is 2. The van der Waals surface area contributed by atoms with Crippen molar-refractivity contribution < 1.29 is 9.59 Å². The van der Waals surface area contributed by atoms with Gasteiger partial charge in [-0.3, -0.25) is 9.59 Å². The lowest BCUT2D eigenvalue weighted by molar-refractivity contribution is -0.143. The third kappa shape index (κ3) is 3.58. The Morgan fingerprint density at radius 1 is 0.960 bits per heavy atom. The number of fused-ring (bicyclic) bond motifs is 1. The molecule has 25 heavy (non-hydrogen) atoms. The van der Waals surface area contributed by atoms with E-state index in [4.69, 9.17) is 0 Å². The molecule has 2 amide bonds. The number of hydrogen-bond donors (Lipinski definition) is 1. The molecule has 0 unspecified atom stereocenters. The van der Waals surface area contributed by atoms with Crippen molar-refractivity contribution in [2.75, 3.05) is 11.9 Å². The molecule has 4 nitrogen and oxygen atoms in total. The van der Waals surface area contributed by atoms with Crippen LogP contribution < -0.4 is 5.32 Å². The summed E-state index contributed by atoms with van der Waals surface area (Å²) in [6, 6.07) is 14.1. The van der Waals surface area contributed by atoms with Gasteiger partial charge in [0.1, 0.15) is 0 Å². The van der Waals surface area contributed by atoms with Gasteiger partial charge in [-0.25, -0.2) is 0 Å². The largest absolute Gasteiger partial charge is 0.330 e. The SMILES string of the molecule is CCc1cccc(CC)c1NC(=O)C(=O)N1CCc2ccccc2C1. The zero-order valence-electron chi connectivity index (χ0n) is 14.8.